The number of rotatable bonds is 6. The summed E-state index contributed by atoms with van der Waals surface area (Å²) in [5.41, 5.74) is -0.182. The van der Waals surface area contributed by atoms with Gasteiger partial charge in [-0.05, 0) is 67.8 Å². The van der Waals surface area contributed by atoms with E-state index in [0.29, 0.717) is 17.7 Å². The average Bonchev–Trinajstić information content (AvgIpc) is 2.94. The van der Waals surface area contributed by atoms with Gasteiger partial charge in [-0.2, -0.15) is 8.78 Å². The largest absolute Gasteiger partial charge is 0.432 e. The Labute approximate surface area is 242 Å². The second-order valence-electron chi connectivity index (χ2n) is 9.13. The van der Waals surface area contributed by atoms with E-state index >= 15 is 0 Å². The SMILES string of the molecule is C/C=C/CCc1ccc(C#Cc2ccc(C#Cc3cc(F)c(C(F)(F)Oc4cc(F)c(F)c(F)c4)c(F)c3)c(F)c2)cc1. The molecule has 0 radical (unpaired) electrons. The van der Waals surface area contributed by atoms with Crippen molar-refractivity contribution >= 4 is 0 Å². The molecule has 218 valence electrons. The Balaban J connectivity index is 1.49. The van der Waals surface area contributed by atoms with Gasteiger partial charge in [0.2, 0.25) is 0 Å². The lowest BCUT2D eigenvalue weighted by Crippen LogP contribution is -2.25. The van der Waals surface area contributed by atoms with Gasteiger partial charge in [0.25, 0.3) is 0 Å². The molecule has 1 nitrogen and oxygen atoms in total. The summed E-state index contributed by atoms with van der Waals surface area (Å²) in [5, 5.41) is 0. The predicted octanol–water partition coefficient (Wildman–Crippen LogP) is 8.96. The molecular formula is C34H20F8O. The van der Waals surface area contributed by atoms with Crippen molar-refractivity contribution in [3.63, 3.8) is 0 Å². The molecule has 0 aromatic heterocycles. The molecule has 0 bridgehead atoms. The number of halogens is 8. The second kappa shape index (κ2) is 13.3. The van der Waals surface area contributed by atoms with Gasteiger partial charge in [-0.1, -0.05) is 48.0 Å². The molecule has 0 unspecified atom stereocenters. The van der Waals surface area contributed by atoms with E-state index in [1.807, 2.05) is 37.3 Å². The number of hydrogen-bond acceptors (Lipinski definition) is 1. The molecule has 0 aliphatic carbocycles. The third kappa shape index (κ3) is 7.84. The minimum absolute atomic E-state index is 0.0953. The molecule has 0 saturated carbocycles. The first-order valence-electron chi connectivity index (χ1n) is 12.7. The fourth-order valence-electron chi connectivity index (χ4n) is 3.86. The van der Waals surface area contributed by atoms with Gasteiger partial charge in [0.1, 0.15) is 28.8 Å². The molecule has 0 fully saturated rings. The fraction of sp³-hybridized carbons (Fsp3) is 0.118. The Morgan fingerprint density at radius 2 is 1.21 bits per heavy atom. The molecule has 0 atom stereocenters. The molecule has 4 rings (SSSR count). The standard InChI is InChI=1S/C34H20F8O/c1-2-3-4-5-21-6-8-22(9-7-21)10-11-23-12-14-25(27(35)16-23)15-13-24-17-28(36)32(29(37)18-24)34(41,42)43-26-19-30(38)33(40)31(39)20-26/h2-3,6-9,12,14,16-20H,4-5H2,1H3/b3-2+. The third-order valence-corrected chi connectivity index (χ3v) is 5.99. The number of alkyl halides is 2. The van der Waals surface area contributed by atoms with Crippen LogP contribution in [0.2, 0.25) is 0 Å². The van der Waals surface area contributed by atoms with E-state index in [-0.39, 0.29) is 17.7 Å². The van der Waals surface area contributed by atoms with Crippen LogP contribution in [-0.4, -0.2) is 0 Å². The molecule has 4 aromatic rings. The maximum Gasteiger partial charge on any atom is 0.432 e. The van der Waals surface area contributed by atoms with Crippen LogP contribution in [-0.2, 0) is 12.5 Å². The second-order valence-corrected chi connectivity index (χ2v) is 9.13. The minimum atomic E-state index is -4.74. The van der Waals surface area contributed by atoms with Crippen LogP contribution in [0.5, 0.6) is 5.75 Å². The van der Waals surface area contributed by atoms with E-state index in [2.05, 4.69) is 34.5 Å². The summed E-state index contributed by atoms with van der Waals surface area (Å²) in [6, 6.07) is 12.7. The third-order valence-electron chi connectivity index (χ3n) is 5.99. The van der Waals surface area contributed by atoms with Crippen LogP contribution in [0.25, 0.3) is 0 Å². The smallest absolute Gasteiger partial charge is 0.429 e. The minimum Gasteiger partial charge on any atom is -0.429 e. The molecule has 0 aliphatic rings. The lowest BCUT2D eigenvalue weighted by atomic mass is 10.1. The van der Waals surface area contributed by atoms with Crippen molar-refractivity contribution in [3.8, 4) is 29.4 Å². The molecule has 0 N–H and O–H groups in total. The van der Waals surface area contributed by atoms with Crippen molar-refractivity contribution in [1.82, 2.24) is 0 Å². The molecular weight excluding hydrogens is 576 g/mol. The van der Waals surface area contributed by atoms with Crippen LogP contribution in [0.15, 0.2) is 78.9 Å². The van der Waals surface area contributed by atoms with Crippen molar-refractivity contribution in [2.24, 2.45) is 0 Å². The molecule has 0 saturated heterocycles. The molecule has 9 heteroatoms. The highest BCUT2D eigenvalue weighted by atomic mass is 19.3. The summed E-state index contributed by atoms with van der Waals surface area (Å²) < 4.78 is 117. The number of allylic oxidation sites excluding steroid dienone is 2. The zero-order valence-corrected chi connectivity index (χ0v) is 22.4. The Morgan fingerprint density at radius 3 is 1.81 bits per heavy atom. The van der Waals surface area contributed by atoms with Gasteiger partial charge < -0.3 is 4.74 Å². The Hall–Kier alpha value is -5.02. The lowest BCUT2D eigenvalue weighted by Gasteiger charge is -2.19. The summed E-state index contributed by atoms with van der Waals surface area (Å²) in [5.74, 6) is -0.734. The van der Waals surface area contributed by atoms with Crippen LogP contribution in [0, 0.1) is 58.6 Å². The predicted molar refractivity (Wildman–Crippen MR) is 145 cm³/mol. The van der Waals surface area contributed by atoms with E-state index in [1.54, 1.807) is 0 Å². The van der Waals surface area contributed by atoms with Crippen molar-refractivity contribution in [2.75, 3.05) is 0 Å². The van der Waals surface area contributed by atoms with Gasteiger partial charge in [0.05, 0.1) is 5.56 Å². The zero-order valence-electron chi connectivity index (χ0n) is 22.4. The van der Waals surface area contributed by atoms with E-state index in [4.69, 9.17) is 0 Å². The molecule has 43 heavy (non-hydrogen) atoms. The number of benzene rings is 4. The highest BCUT2D eigenvalue weighted by molar-refractivity contribution is 5.49. The normalized spacial score (nSPS) is 11.1. The van der Waals surface area contributed by atoms with Crippen molar-refractivity contribution < 1.29 is 39.9 Å². The van der Waals surface area contributed by atoms with E-state index in [0.717, 1.165) is 30.0 Å². The number of ether oxygens (including phenoxy) is 1. The number of hydrogen-bond donors (Lipinski definition) is 0. The highest BCUT2D eigenvalue weighted by Crippen LogP contribution is 2.36. The Bertz CT molecular complexity index is 1760. The van der Waals surface area contributed by atoms with E-state index in [9.17, 15) is 35.1 Å². The maximum atomic E-state index is 14.6. The van der Waals surface area contributed by atoms with Crippen LogP contribution in [0.3, 0.4) is 0 Å². The summed E-state index contributed by atoms with van der Waals surface area (Å²) in [6.07, 6.45) is 1.16. The summed E-state index contributed by atoms with van der Waals surface area (Å²) in [4.78, 5) is 0. The van der Waals surface area contributed by atoms with Gasteiger partial charge in [0, 0.05) is 28.8 Å². The maximum absolute atomic E-state index is 14.6. The molecule has 0 aliphatic heterocycles. The van der Waals surface area contributed by atoms with Crippen molar-refractivity contribution in [2.45, 2.75) is 25.9 Å². The average molecular weight is 597 g/mol. The Morgan fingerprint density at radius 1 is 0.651 bits per heavy atom. The summed E-state index contributed by atoms with van der Waals surface area (Å²) >= 11 is 0. The first kappa shape index (κ1) is 30.9. The molecule has 4 aromatic carbocycles. The van der Waals surface area contributed by atoms with Gasteiger partial charge in [-0.15, -0.1) is 0 Å². The van der Waals surface area contributed by atoms with Gasteiger partial charge in [-0.25, -0.2) is 26.3 Å². The fourth-order valence-corrected chi connectivity index (χ4v) is 3.86. The van der Waals surface area contributed by atoms with E-state index < -0.39 is 57.9 Å². The first-order valence-corrected chi connectivity index (χ1v) is 12.7. The van der Waals surface area contributed by atoms with E-state index in [1.165, 1.54) is 12.1 Å². The monoisotopic (exact) mass is 596 g/mol. The zero-order chi connectivity index (χ0) is 31.1. The lowest BCUT2D eigenvalue weighted by molar-refractivity contribution is -0.189. The Kier molecular flexibility index (Phi) is 9.57. The van der Waals surface area contributed by atoms with Gasteiger partial charge in [-0.3, -0.25) is 0 Å². The van der Waals surface area contributed by atoms with Crippen LogP contribution in [0.1, 0.15) is 46.7 Å². The van der Waals surface area contributed by atoms with Crippen LogP contribution in [0.4, 0.5) is 35.1 Å². The molecule has 0 amide bonds. The van der Waals surface area contributed by atoms with Crippen LogP contribution >= 0.6 is 0 Å². The summed E-state index contributed by atoms with van der Waals surface area (Å²) in [7, 11) is 0. The van der Waals surface area contributed by atoms with Crippen molar-refractivity contribution in [3.05, 3.63) is 147 Å². The quantitative estimate of drug-likeness (QED) is 0.0935. The van der Waals surface area contributed by atoms with Crippen LogP contribution < -0.4 is 4.74 Å². The molecule has 0 heterocycles. The van der Waals surface area contributed by atoms with Crippen molar-refractivity contribution in [1.29, 1.82) is 0 Å². The first-order chi connectivity index (χ1) is 20.5. The van der Waals surface area contributed by atoms with Gasteiger partial charge >= 0.3 is 6.11 Å². The number of aryl methyl sites for hydroxylation is 1. The topological polar surface area (TPSA) is 9.23 Å². The summed E-state index contributed by atoms with van der Waals surface area (Å²) in [6.45, 7) is 1.96. The van der Waals surface area contributed by atoms with Gasteiger partial charge in [0.15, 0.2) is 17.5 Å². The highest BCUT2D eigenvalue weighted by Gasteiger charge is 2.41. The molecule has 0 spiro atoms.